The summed E-state index contributed by atoms with van der Waals surface area (Å²) in [7, 11) is 1.97. The zero-order valence-corrected chi connectivity index (χ0v) is 39.8. The summed E-state index contributed by atoms with van der Waals surface area (Å²) >= 11 is 0. The fourth-order valence-electron chi connectivity index (χ4n) is 7.65. The molecule has 0 atom stereocenters. The van der Waals surface area contributed by atoms with Crippen LogP contribution in [-0.2, 0) is 20.0 Å². The van der Waals surface area contributed by atoms with Crippen molar-refractivity contribution in [2.24, 2.45) is 0 Å². The third-order valence-corrected chi connectivity index (χ3v) is 13.6. The molecule has 5 aromatic carbocycles. The molecular formula is C43H60Cl4N6O5S2. The summed E-state index contributed by atoms with van der Waals surface area (Å²) in [6.07, 6.45) is 6.25. The van der Waals surface area contributed by atoms with Crippen molar-refractivity contribution in [1.82, 2.24) is 9.62 Å². The lowest BCUT2D eigenvalue weighted by Gasteiger charge is -2.36. The van der Waals surface area contributed by atoms with Crippen molar-refractivity contribution in [3.63, 3.8) is 0 Å². The Hall–Kier alpha value is -3.40. The van der Waals surface area contributed by atoms with Crippen LogP contribution in [0.15, 0.2) is 101 Å². The van der Waals surface area contributed by atoms with E-state index in [1.54, 1.807) is 31.4 Å². The van der Waals surface area contributed by atoms with Crippen LogP contribution in [0.2, 0.25) is 0 Å². The standard InChI is InChI=1S/C43H56N6O5S2.4ClH/c1-46(2)38-20-12-18-36-34(38)16-14-22-42(36)55(50,51)44-26-10-8-6-7-9-11-27-48-28-30-49(31-29-48)40-32-33(24-25-41(40)54-5)45-56(52,53)43-23-15-17-35-37(43)19-13-21-39(35)47(3)4;;;;/h12-25,32,44-45H,6-11,26-31H2,1-5H3;4*1H. The summed E-state index contributed by atoms with van der Waals surface area (Å²) in [6.45, 7) is 4.92. The molecule has 1 heterocycles. The van der Waals surface area contributed by atoms with Crippen molar-refractivity contribution >= 4 is 114 Å². The van der Waals surface area contributed by atoms with Crippen LogP contribution in [0.3, 0.4) is 0 Å². The Labute approximate surface area is 381 Å². The monoisotopic (exact) mass is 944 g/mol. The van der Waals surface area contributed by atoms with Crippen molar-refractivity contribution in [1.29, 1.82) is 0 Å². The second-order valence-corrected chi connectivity index (χ2v) is 18.3. The first-order valence-electron chi connectivity index (χ1n) is 19.5. The Morgan fingerprint density at radius 2 is 1.07 bits per heavy atom. The Balaban J connectivity index is 0.00000310. The van der Waals surface area contributed by atoms with Gasteiger partial charge < -0.3 is 19.4 Å². The van der Waals surface area contributed by atoms with Crippen LogP contribution >= 0.6 is 49.6 Å². The van der Waals surface area contributed by atoms with Crippen LogP contribution in [-0.4, -0.2) is 96.3 Å². The first-order chi connectivity index (χ1) is 26.9. The quantitative estimate of drug-likeness (QED) is 0.0831. The predicted molar refractivity (Wildman–Crippen MR) is 261 cm³/mol. The number of rotatable bonds is 18. The van der Waals surface area contributed by atoms with Gasteiger partial charge in [-0.25, -0.2) is 21.6 Å². The molecule has 0 aliphatic carbocycles. The van der Waals surface area contributed by atoms with E-state index in [-0.39, 0.29) is 54.5 Å². The first-order valence-corrected chi connectivity index (χ1v) is 22.4. The number of benzene rings is 5. The minimum absolute atomic E-state index is 0. The van der Waals surface area contributed by atoms with Gasteiger partial charge in [-0.3, -0.25) is 9.62 Å². The molecule has 1 saturated heterocycles. The molecule has 2 N–H and O–H groups in total. The number of nitrogens with zero attached hydrogens (tertiary/aromatic N) is 4. The number of fused-ring (bicyclic) bond motifs is 2. The lowest BCUT2D eigenvalue weighted by atomic mass is 10.1. The van der Waals surface area contributed by atoms with Crippen LogP contribution in [0.4, 0.5) is 22.7 Å². The number of unbranched alkanes of at least 4 members (excludes halogenated alkanes) is 5. The number of sulfonamides is 2. The smallest absolute Gasteiger partial charge is 0.262 e. The summed E-state index contributed by atoms with van der Waals surface area (Å²) in [5.74, 6) is 0.710. The zero-order chi connectivity index (χ0) is 39.9. The summed E-state index contributed by atoms with van der Waals surface area (Å²) in [4.78, 5) is 9.30. The predicted octanol–water partition coefficient (Wildman–Crippen LogP) is 9.06. The van der Waals surface area contributed by atoms with Gasteiger partial charge in [0, 0.05) is 93.8 Å². The van der Waals surface area contributed by atoms with Crippen molar-refractivity contribution in [2.75, 3.05) is 94.0 Å². The van der Waals surface area contributed by atoms with E-state index >= 15 is 0 Å². The average molecular weight is 947 g/mol. The number of halogens is 4. The molecule has 1 fully saturated rings. The SMILES string of the molecule is COc1ccc(NS(=O)(=O)c2cccc3c(N(C)C)cccc23)cc1N1CCN(CCCCCCCCNS(=O)(=O)c2cccc3c(N(C)C)cccc23)CC1.Cl.Cl.Cl.Cl. The minimum atomic E-state index is -3.87. The van der Waals surface area contributed by atoms with Gasteiger partial charge in [-0.05, 0) is 61.9 Å². The highest BCUT2D eigenvalue weighted by atomic mass is 35.5. The Morgan fingerprint density at radius 1 is 0.583 bits per heavy atom. The van der Waals surface area contributed by atoms with Crippen LogP contribution in [0, 0.1) is 0 Å². The minimum Gasteiger partial charge on any atom is -0.495 e. The molecule has 0 aromatic heterocycles. The topological polar surface area (TPSA) is 115 Å². The lowest BCUT2D eigenvalue weighted by molar-refractivity contribution is 0.251. The fraction of sp³-hybridized carbons (Fsp3) is 0.395. The van der Waals surface area contributed by atoms with Gasteiger partial charge in [-0.15, -0.1) is 49.6 Å². The molecule has 1 aliphatic heterocycles. The summed E-state index contributed by atoms with van der Waals surface area (Å²) in [5.41, 5.74) is 3.31. The molecule has 0 saturated carbocycles. The number of piperazine rings is 1. The van der Waals surface area contributed by atoms with Crippen LogP contribution in [0.1, 0.15) is 38.5 Å². The van der Waals surface area contributed by atoms with Gasteiger partial charge in [0.05, 0.1) is 28.3 Å². The molecule has 0 spiro atoms. The third-order valence-electron chi connectivity index (χ3n) is 10.6. The first kappa shape index (κ1) is 52.7. The number of nitrogens with one attached hydrogen (secondary N) is 2. The van der Waals surface area contributed by atoms with E-state index in [9.17, 15) is 16.8 Å². The molecular weight excluding hydrogens is 886 g/mol. The van der Waals surface area contributed by atoms with Gasteiger partial charge in [0.25, 0.3) is 10.0 Å². The number of ether oxygens (including phenoxy) is 1. The van der Waals surface area contributed by atoms with Gasteiger partial charge in [0.2, 0.25) is 10.0 Å². The van der Waals surface area contributed by atoms with Gasteiger partial charge in [0.1, 0.15) is 5.75 Å². The van der Waals surface area contributed by atoms with Crippen LogP contribution in [0.5, 0.6) is 5.75 Å². The highest BCUT2D eigenvalue weighted by Crippen LogP contribution is 2.35. The van der Waals surface area contributed by atoms with Crippen LogP contribution < -0.4 is 28.9 Å². The maximum atomic E-state index is 13.7. The molecule has 6 rings (SSSR count). The molecule has 11 nitrogen and oxygen atoms in total. The highest BCUT2D eigenvalue weighted by molar-refractivity contribution is 7.93. The van der Waals surface area contributed by atoms with E-state index in [0.717, 1.165) is 104 Å². The van der Waals surface area contributed by atoms with Gasteiger partial charge >= 0.3 is 0 Å². The van der Waals surface area contributed by atoms with Gasteiger partial charge in [0.15, 0.2) is 0 Å². The normalized spacial score (nSPS) is 13.1. The van der Waals surface area contributed by atoms with Crippen molar-refractivity contribution < 1.29 is 21.6 Å². The summed E-state index contributed by atoms with van der Waals surface area (Å²) in [6, 6.07) is 27.8. The van der Waals surface area contributed by atoms with E-state index in [2.05, 4.69) is 19.2 Å². The highest BCUT2D eigenvalue weighted by Gasteiger charge is 2.23. The lowest BCUT2D eigenvalue weighted by Crippen LogP contribution is -2.46. The van der Waals surface area contributed by atoms with Gasteiger partial charge in [-0.1, -0.05) is 74.2 Å². The molecule has 0 radical (unpaired) electrons. The molecule has 60 heavy (non-hydrogen) atoms. The van der Waals surface area contributed by atoms with E-state index in [0.29, 0.717) is 28.3 Å². The number of methoxy groups -OCH3 is 1. The number of anilines is 4. The molecule has 1 aliphatic rings. The second-order valence-electron chi connectivity index (χ2n) is 14.9. The van der Waals surface area contributed by atoms with E-state index in [1.807, 2.05) is 105 Å². The Morgan fingerprint density at radius 3 is 1.60 bits per heavy atom. The van der Waals surface area contributed by atoms with Crippen LogP contribution in [0.25, 0.3) is 21.5 Å². The maximum Gasteiger partial charge on any atom is 0.262 e. The van der Waals surface area contributed by atoms with E-state index < -0.39 is 20.0 Å². The van der Waals surface area contributed by atoms with E-state index in [4.69, 9.17) is 4.74 Å². The van der Waals surface area contributed by atoms with E-state index in [1.165, 1.54) is 0 Å². The largest absolute Gasteiger partial charge is 0.495 e. The second kappa shape index (κ2) is 23.7. The van der Waals surface area contributed by atoms with Crippen molar-refractivity contribution in [3.05, 3.63) is 91.0 Å². The number of hydrogen-bond acceptors (Lipinski definition) is 9. The molecule has 0 amide bonds. The van der Waals surface area contributed by atoms with Gasteiger partial charge in [-0.2, -0.15) is 0 Å². The van der Waals surface area contributed by atoms with Crippen molar-refractivity contribution in [2.45, 2.75) is 48.3 Å². The van der Waals surface area contributed by atoms with Crippen molar-refractivity contribution in [3.8, 4) is 5.75 Å². The molecule has 17 heteroatoms. The summed E-state index contributed by atoms with van der Waals surface area (Å²) < 4.78 is 65.2. The molecule has 0 unspecified atom stereocenters. The number of hydrogen-bond donors (Lipinski definition) is 2. The molecule has 0 bridgehead atoms. The maximum absolute atomic E-state index is 13.7. The fourth-order valence-corrected chi connectivity index (χ4v) is 10.2. The zero-order valence-electron chi connectivity index (χ0n) is 34.9. The molecule has 5 aromatic rings. The Kier molecular flexibility index (Phi) is 20.8. The average Bonchev–Trinajstić information content (AvgIpc) is 3.19. The molecule has 332 valence electrons. The summed E-state index contributed by atoms with van der Waals surface area (Å²) in [5, 5.41) is 3.21. The Bertz CT molecular complexity index is 2360. The third kappa shape index (κ3) is 12.6.